The molecular formula is C22H38IN3O3. The Kier molecular flexibility index (Phi) is 13.3. The number of aliphatic imine (C=N–C) groups is 1. The highest BCUT2D eigenvalue weighted by atomic mass is 127. The van der Waals surface area contributed by atoms with Crippen molar-refractivity contribution < 1.29 is 14.2 Å². The standard InChI is InChI=1S/C22H37N3O3.HI/c1-4-23-21(24-13-8-14-28-16-15-26-2)25-18-22(11-5-6-12-22)19-9-7-10-20(17-19)27-3;/h7,9-10,17H,4-6,8,11-16,18H2,1-3H3,(H2,23,24,25);1H. The van der Waals surface area contributed by atoms with Gasteiger partial charge in [-0.05, 0) is 43.9 Å². The molecule has 0 bridgehead atoms. The van der Waals surface area contributed by atoms with Crippen molar-refractivity contribution in [1.29, 1.82) is 0 Å². The molecule has 1 aromatic rings. The minimum Gasteiger partial charge on any atom is -0.497 e. The molecule has 6 nitrogen and oxygen atoms in total. The second-order valence-corrected chi connectivity index (χ2v) is 7.30. The van der Waals surface area contributed by atoms with Crippen LogP contribution in [-0.2, 0) is 14.9 Å². The summed E-state index contributed by atoms with van der Waals surface area (Å²) in [5.41, 5.74) is 1.45. The Balaban J connectivity index is 0.00000420. The predicted octanol–water partition coefficient (Wildman–Crippen LogP) is 3.73. The van der Waals surface area contributed by atoms with Gasteiger partial charge in [-0.2, -0.15) is 0 Å². The summed E-state index contributed by atoms with van der Waals surface area (Å²) in [4.78, 5) is 4.94. The lowest BCUT2D eigenvalue weighted by atomic mass is 9.79. The normalized spacial score (nSPS) is 15.6. The Morgan fingerprint density at radius 2 is 1.90 bits per heavy atom. The molecule has 0 atom stereocenters. The number of nitrogens with one attached hydrogen (secondary N) is 2. The minimum absolute atomic E-state index is 0. The van der Waals surface area contributed by atoms with Gasteiger partial charge in [-0.1, -0.05) is 25.0 Å². The van der Waals surface area contributed by atoms with Crippen molar-refractivity contribution >= 4 is 29.9 Å². The third-order valence-corrected chi connectivity index (χ3v) is 5.32. The van der Waals surface area contributed by atoms with E-state index >= 15 is 0 Å². The second kappa shape index (κ2) is 14.8. The lowest BCUT2D eigenvalue weighted by Gasteiger charge is -2.28. The zero-order valence-corrected chi connectivity index (χ0v) is 20.5. The number of halogens is 1. The van der Waals surface area contributed by atoms with E-state index in [2.05, 4.69) is 35.8 Å². The lowest BCUT2D eigenvalue weighted by Crippen LogP contribution is -2.39. The molecule has 1 aliphatic rings. The van der Waals surface area contributed by atoms with Gasteiger partial charge in [0.1, 0.15) is 5.75 Å². The van der Waals surface area contributed by atoms with E-state index in [1.54, 1.807) is 14.2 Å². The molecule has 166 valence electrons. The summed E-state index contributed by atoms with van der Waals surface area (Å²) in [6, 6.07) is 8.50. The van der Waals surface area contributed by atoms with Gasteiger partial charge < -0.3 is 24.8 Å². The Labute approximate surface area is 193 Å². The topological polar surface area (TPSA) is 64.1 Å². The predicted molar refractivity (Wildman–Crippen MR) is 130 cm³/mol. The van der Waals surface area contributed by atoms with E-state index in [9.17, 15) is 0 Å². The molecule has 0 aromatic heterocycles. The van der Waals surface area contributed by atoms with Gasteiger partial charge >= 0.3 is 0 Å². The van der Waals surface area contributed by atoms with Crippen LogP contribution in [-0.4, -0.2) is 59.6 Å². The Morgan fingerprint density at radius 3 is 2.59 bits per heavy atom. The molecule has 0 saturated heterocycles. The Hall–Kier alpha value is -1.06. The number of methoxy groups -OCH3 is 2. The first-order valence-electron chi connectivity index (χ1n) is 10.5. The van der Waals surface area contributed by atoms with Gasteiger partial charge in [0.25, 0.3) is 0 Å². The highest BCUT2D eigenvalue weighted by Gasteiger charge is 2.35. The van der Waals surface area contributed by atoms with Crippen molar-refractivity contribution in [3.05, 3.63) is 29.8 Å². The van der Waals surface area contributed by atoms with Crippen LogP contribution in [0, 0.1) is 0 Å². The summed E-state index contributed by atoms with van der Waals surface area (Å²) in [7, 11) is 3.41. The van der Waals surface area contributed by atoms with Gasteiger partial charge in [-0.15, -0.1) is 24.0 Å². The monoisotopic (exact) mass is 519 g/mol. The SMILES string of the molecule is CCNC(=NCC1(c2cccc(OC)c2)CCCC1)NCCCOCCOC.I. The molecule has 0 amide bonds. The fourth-order valence-electron chi connectivity index (χ4n) is 3.74. The van der Waals surface area contributed by atoms with Crippen molar-refractivity contribution in [1.82, 2.24) is 10.6 Å². The number of hydrogen-bond acceptors (Lipinski definition) is 4. The quantitative estimate of drug-likeness (QED) is 0.191. The summed E-state index contributed by atoms with van der Waals surface area (Å²) >= 11 is 0. The van der Waals surface area contributed by atoms with Crippen LogP contribution in [0.25, 0.3) is 0 Å². The van der Waals surface area contributed by atoms with Crippen LogP contribution in [0.2, 0.25) is 0 Å². The summed E-state index contributed by atoms with van der Waals surface area (Å²) < 4.78 is 15.9. The first-order chi connectivity index (χ1) is 13.7. The number of rotatable bonds is 12. The van der Waals surface area contributed by atoms with Crippen LogP contribution >= 0.6 is 24.0 Å². The molecular weight excluding hydrogens is 481 g/mol. The first-order valence-corrected chi connectivity index (χ1v) is 10.5. The van der Waals surface area contributed by atoms with Crippen LogP contribution in [0.4, 0.5) is 0 Å². The molecule has 2 rings (SSSR count). The van der Waals surface area contributed by atoms with Crippen LogP contribution < -0.4 is 15.4 Å². The fourth-order valence-corrected chi connectivity index (χ4v) is 3.74. The van der Waals surface area contributed by atoms with Crippen LogP contribution in [0.1, 0.15) is 44.6 Å². The van der Waals surface area contributed by atoms with E-state index in [0.29, 0.717) is 13.2 Å². The molecule has 29 heavy (non-hydrogen) atoms. The van der Waals surface area contributed by atoms with E-state index in [-0.39, 0.29) is 29.4 Å². The van der Waals surface area contributed by atoms with Gasteiger partial charge in [0, 0.05) is 32.2 Å². The number of benzene rings is 1. The Morgan fingerprint density at radius 1 is 1.10 bits per heavy atom. The van der Waals surface area contributed by atoms with Crippen molar-refractivity contribution in [3.8, 4) is 5.75 Å². The maximum Gasteiger partial charge on any atom is 0.191 e. The zero-order valence-electron chi connectivity index (χ0n) is 18.2. The fraction of sp³-hybridized carbons (Fsp3) is 0.682. The summed E-state index contributed by atoms with van der Waals surface area (Å²) in [5, 5.41) is 6.79. The van der Waals surface area contributed by atoms with Gasteiger partial charge in [0.15, 0.2) is 5.96 Å². The van der Waals surface area contributed by atoms with Crippen molar-refractivity contribution in [3.63, 3.8) is 0 Å². The molecule has 0 spiro atoms. The number of ether oxygens (including phenoxy) is 3. The largest absolute Gasteiger partial charge is 0.497 e. The first kappa shape index (κ1) is 26.0. The van der Waals surface area contributed by atoms with Gasteiger partial charge in [0.2, 0.25) is 0 Å². The number of hydrogen-bond donors (Lipinski definition) is 2. The van der Waals surface area contributed by atoms with Gasteiger partial charge in [-0.3, -0.25) is 4.99 Å². The molecule has 0 aliphatic heterocycles. The molecule has 7 heteroatoms. The third kappa shape index (κ3) is 8.68. The molecule has 1 fully saturated rings. The molecule has 2 N–H and O–H groups in total. The van der Waals surface area contributed by atoms with Crippen molar-refractivity contribution in [2.45, 2.75) is 44.4 Å². The highest BCUT2D eigenvalue weighted by Crippen LogP contribution is 2.42. The maximum absolute atomic E-state index is 5.52. The smallest absolute Gasteiger partial charge is 0.191 e. The van der Waals surface area contributed by atoms with E-state index in [4.69, 9.17) is 19.2 Å². The van der Waals surface area contributed by atoms with E-state index in [0.717, 1.165) is 44.4 Å². The van der Waals surface area contributed by atoms with Crippen molar-refractivity contribution in [2.75, 3.05) is 53.7 Å². The summed E-state index contributed by atoms with van der Waals surface area (Å²) in [5.74, 6) is 1.81. The van der Waals surface area contributed by atoms with E-state index in [1.165, 1.54) is 31.2 Å². The molecule has 0 unspecified atom stereocenters. The average molecular weight is 519 g/mol. The molecule has 0 radical (unpaired) electrons. The number of nitrogens with zero attached hydrogens (tertiary/aromatic N) is 1. The van der Waals surface area contributed by atoms with E-state index in [1.807, 2.05) is 6.07 Å². The van der Waals surface area contributed by atoms with Crippen LogP contribution in [0.5, 0.6) is 5.75 Å². The summed E-state index contributed by atoms with van der Waals surface area (Å²) in [6.07, 6.45) is 5.81. The van der Waals surface area contributed by atoms with Crippen LogP contribution in [0.3, 0.4) is 0 Å². The molecule has 0 heterocycles. The Bertz CT molecular complexity index is 592. The third-order valence-electron chi connectivity index (χ3n) is 5.32. The van der Waals surface area contributed by atoms with Gasteiger partial charge in [-0.25, -0.2) is 0 Å². The lowest BCUT2D eigenvalue weighted by molar-refractivity contribution is 0.0698. The molecule has 1 aromatic carbocycles. The zero-order chi connectivity index (χ0) is 20.1. The van der Waals surface area contributed by atoms with E-state index < -0.39 is 0 Å². The second-order valence-electron chi connectivity index (χ2n) is 7.30. The minimum atomic E-state index is 0. The van der Waals surface area contributed by atoms with Crippen LogP contribution in [0.15, 0.2) is 29.3 Å². The molecule has 1 saturated carbocycles. The summed E-state index contributed by atoms with van der Waals surface area (Å²) in [6.45, 7) is 6.59. The van der Waals surface area contributed by atoms with Crippen molar-refractivity contribution in [2.24, 2.45) is 4.99 Å². The maximum atomic E-state index is 5.52. The highest BCUT2D eigenvalue weighted by molar-refractivity contribution is 14.0. The van der Waals surface area contributed by atoms with Gasteiger partial charge in [0.05, 0.1) is 26.9 Å². The number of guanidine groups is 1. The average Bonchev–Trinajstić information content (AvgIpc) is 3.21. The molecule has 1 aliphatic carbocycles.